The molecule has 0 saturated carbocycles. The average molecular weight is 465 g/mol. The van der Waals surface area contributed by atoms with E-state index < -0.39 is 17.2 Å². The van der Waals surface area contributed by atoms with Crippen LogP contribution in [0.25, 0.3) is 22.5 Å². The molecule has 8 heteroatoms. The first-order valence-electron chi connectivity index (χ1n) is 10.5. The first-order valence-corrected chi connectivity index (χ1v) is 10.5. The van der Waals surface area contributed by atoms with Gasteiger partial charge in [0.15, 0.2) is 0 Å². The third kappa shape index (κ3) is 5.81. The van der Waals surface area contributed by atoms with Crippen LogP contribution in [0.1, 0.15) is 37.8 Å². The molecule has 0 N–H and O–H groups in total. The summed E-state index contributed by atoms with van der Waals surface area (Å²) in [6.45, 7) is 6.81. The summed E-state index contributed by atoms with van der Waals surface area (Å²) in [6.07, 6.45) is 7.51. The highest BCUT2D eigenvalue weighted by Crippen LogP contribution is 2.29. The van der Waals surface area contributed by atoms with Crippen LogP contribution in [0.15, 0.2) is 69.0 Å². The second kappa shape index (κ2) is 12.2. The zero-order chi connectivity index (χ0) is 25.3. The third-order valence-corrected chi connectivity index (χ3v) is 4.83. The van der Waals surface area contributed by atoms with E-state index in [1.54, 1.807) is 7.05 Å². The van der Waals surface area contributed by atoms with E-state index in [0.717, 1.165) is 18.6 Å². The van der Waals surface area contributed by atoms with Crippen LogP contribution in [0.4, 0.5) is 8.78 Å². The lowest BCUT2D eigenvalue weighted by Crippen LogP contribution is -2.22. The zero-order valence-electron chi connectivity index (χ0n) is 19.6. The molecule has 1 aromatic carbocycles. The van der Waals surface area contributed by atoms with E-state index in [9.17, 15) is 18.8 Å². The SMILES string of the molecule is C=N/C(=C(\C=C(/C)F)OC)c1cc(-c2cccc(F)c2C#N)c(=O)n(/C(C=NC)=C/CCC)c1. The highest BCUT2D eigenvalue weighted by molar-refractivity contribution is 6.02. The number of methoxy groups -OCH3 is 1. The average Bonchev–Trinajstić information content (AvgIpc) is 2.82. The van der Waals surface area contributed by atoms with Gasteiger partial charge in [0.05, 0.1) is 18.4 Å². The zero-order valence-corrected chi connectivity index (χ0v) is 19.6. The summed E-state index contributed by atoms with van der Waals surface area (Å²) in [4.78, 5) is 21.6. The molecule has 0 spiro atoms. The lowest BCUT2D eigenvalue weighted by molar-refractivity contribution is 0.306. The molecule has 0 fully saturated rings. The number of hydrogen-bond acceptors (Lipinski definition) is 5. The van der Waals surface area contributed by atoms with Crippen LogP contribution in [0.2, 0.25) is 0 Å². The van der Waals surface area contributed by atoms with Crippen molar-refractivity contribution in [3.05, 3.63) is 81.5 Å². The van der Waals surface area contributed by atoms with Crippen molar-refractivity contribution in [1.82, 2.24) is 4.57 Å². The first-order chi connectivity index (χ1) is 16.3. The molecule has 34 heavy (non-hydrogen) atoms. The molecule has 0 atom stereocenters. The normalized spacial score (nSPS) is 13.0. The molecule has 0 bridgehead atoms. The minimum Gasteiger partial charge on any atom is -0.494 e. The third-order valence-electron chi connectivity index (χ3n) is 4.83. The molecule has 176 valence electrons. The Morgan fingerprint density at radius 3 is 2.65 bits per heavy atom. The summed E-state index contributed by atoms with van der Waals surface area (Å²) in [5.41, 5.74) is 0.394. The molecule has 1 aromatic heterocycles. The monoisotopic (exact) mass is 464 g/mol. The van der Waals surface area contributed by atoms with Crippen molar-refractivity contribution in [3.8, 4) is 17.2 Å². The van der Waals surface area contributed by atoms with E-state index in [1.165, 1.54) is 49.2 Å². The van der Waals surface area contributed by atoms with Crippen molar-refractivity contribution in [2.45, 2.75) is 26.7 Å². The number of rotatable bonds is 9. The van der Waals surface area contributed by atoms with Crippen LogP contribution in [0, 0.1) is 17.1 Å². The molecule has 1 heterocycles. The molecule has 0 aliphatic carbocycles. The van der Waals surface area contributed by atoms with Gasteiger partial charge in [0.25, 0.3) is 5.56 Å². The Bertz CT molecular complexity index is 1290. The molecule has 0 aliphatic heterocycles. The summed E-state index contributed by atoms with van der Waals surface area (Å²) >= 11 is 0. The van der Waals surface area contributed by atoms with Crippen molar-refractivity contribution < 1.29 is 13.5 Å². The molecular formula is C26H26F2N4O2. The molecule has 0 radical (unpaired) electrons. The quantitative estimate of drug-likeness (QED) is 0.269. The summed E-state index contributed by atoms with van der Waals surface area (Å²) < 4.78 is 34.7. The summed E-state index contributed by atoms with van der Waals surface area (Å²) in [7, 11) is 2.93. The first kappa shape index (κ1) is 26.1. The number of nitrogens with zero attached hydrogens (tertiary/aromatic N) is 4. The fourth-order valence-electron chi connectivity index (χ4n) is 3.31. The van der Waals surface area contributed by atoms with Crippen molar-refractivity contribution in [2.24, 2.45) is 9.98 Å². The van der Waals surface area contributed by atoms with Gasteiger partial charge in [0.2, 0.25) is 0 Å². The van der Waals surface area contributed by atoms with Gasteiger partial charge in [0.1, 0.15) is 29.2 Å². The van der Waals surface area contributed by atoms with Crippen LogP contribution in [0.3, 0.4) is 0 Å². The van der Waals surface area contributed by atoms with Gasteiger partial charge in [0, 0.05) is 42.2 Å². The topological polar surface area (TPSA) is 79.7 Å². The number of allylic oxidation sites excluding steroid dienone is 4. The smallest absolute Gasteiger partial charge is 0.263 e. The van der Waals surface area contributed by atoms with Crippen molar-refractivity contribution in [3.63, 3.8) is 0 Å². The largest absolute Gasteiger partial charge is 0.494 e. The van der Waals surface area contributed by atoms with Crippen LogP contribution in [0.5, 0.6) is 0 Å². The highest BCUT2D eigenvalue weighted by Gasteiger charge is 2.19. The highest BCUT2D eigenvalue weighted by atomic mass is 19.1. The van der Waals surface area contributed by atoms with Crippen LogP contribution in [-0.4, -0.2) is 31.7 Å². The minimum atomic E-state index is -0.751. The van der Waals surface area contributed by atoms with E-state index >= 15 is 0 Å². The molecule has 2 aromatic rings. The van der Waals surface area contributed by atoms with Gasteiger partial charge in [-0.2, -0.15) is 5.26 Å². The molecule has 0 aliphatic rings. The Hall–Kier alpha value is -4.12. The molecular weight excluding hydrogens is 438 g/mol. The summed E-state index contributed by atoms with van der Waals surface area (Å²) in [5.74, 6) is -1.20. The molecule has 0 unspecified atom stereocenters. The van der Waals surface area contributed by atoms with Gasteiger partial charge in [-0.3, -0.25) is 19.3 Å². The van der Waals surface area contributed by atoms with Gasteiger partial charge >= 0.3 is 0 Å². The number of aliphatic imine (C=N–C) groups is 2. The van der Waals surface area contributed by atoms with E-state index in [1.807, 2.05) is 19.1 Å². The number of benzene rings is 1. The number of ether oxygens (including phenoxy) is 1. The Morgan fingerprint density at radius 2 is 2.09 bits per heavy atom. The maximum atomic E-state index is 14.4. The predicted octanol–water partition coefficient (Wildman–Crippen LogP) is 5.76. The van der Waals surface area contributed by atoms with E-state index in [2.05, 4.69) is 16.7 Å². The molecule has 0 saturated heterocycles. The Balaban J connectivity index is 3.07. The van der Waals surface area contributed by atoms with E-state index in [-0.39, 0.29) is 28.1 Å². The Morgan fingerprint density at radius 1 is 1.35 bits per heavy atom. The second-order valence-electron chi connectivity index (χ2n) is 7.20. The number of pyridine rings is 1. The van der Waals surface area contributed by atoms with Crippen LogP contribution < -0.4 is 5.56 Å². The number of unbranched alkanes of at least 4 members (excludes halogenated alkanes) is 1. The lowest BCUT2D eigenvalue weighted by Gasteiger charge is -2.15. The summed E-state index contributed by atoms with van der Waals surface area (Å²) in [6, 6.07) is 7.34. The standard InChI is InChI=1S/C26H26F2N4O2/c1-6-7-9-19(15-30-3)32-16-18(25(31-4)24(34-5)12-17(2)27)13-21(26(32)33)20-10-8-11-23(28)22(20)14-29/h8-13,15-16H,4,6-7H2,1-3,5H3/b17-12+,19-9+,25-24+,30-15?. The Labute approximate surface area is 197 Å². The number of hydrogen-bond donors (Lipinski definition) is 0. The van der Waals surface area contributed by atoms with Crippen molar-refractivity contribution in [2.75, 3.05) is 14.2 Å². The lowest BCUT2D eigenvalue weighted by atomic mass is 9.98. The fourth-order valence-corrected chi connectivity index (χ4v) is 3.31. The van der Waals surface area contributed by atoms with E-state index in [0.29, 0.717) is 17.7 Å². The second-order valence-corrected chi connectivity index (χ2v) is 7.20. The van der Waals surface area contributed by atoms with E-state index in [4.69, 9.17) is 4.74 Å². The molecule has 2 rings (SSSR count). The van der Waals surface area contributed by atoms with Gasteiger partial charge < -0.3 is 4.74 Å². The number of halogens is 2. The van der Waals surface area contributed by atoms with Crippen LogP contribution in [-0.2, 0) is 4.74 Å². The maximum Gasteiger partial charge on any atom is 0.263 e. The summed E-state index contributed by atoms with van der Waals surface area (Å²) in [5, 5.41) is 9.54. The van der Waals surface area contributed by atoms with Crippen molar-refractivity contribution in [1.29, 1.82) is 5.26 Å². The fraction of sp³-hybridized carbons (Fsp3) is 0.231. The minimum absolute atomic E-state index is 0.0537. The predicted molar refractivity (Wildman–Crippen MR) is 133 cm³/mol. The van der Waals surface area contributed by atoms with Gasteiger partial charge in [-0.05, 0) is 32.2 Å². The number of aromatic nitrogens is 1. The van der Waals surface area contributed by atoms with Gasteiger partial charge in [-0.25, -0.2) is 8.78 Å². The van der Waals surface area contributed by atoms with Crippen LogP contribution >= 0.6 is 0 Å². The van der Waals surface area contributed by atoms with Crippen molar-refractivity contribution >= 4 is 24.3 Å². The molecule has 6 nitrogen and oxygen atoms in total. The Kier molecular flexibility index (Phi) is 9.38. The molecule has 0 amide bonds. The van der Waals surface area contributed by atoms with Gasteiger partial charge in [-0.1, -0.05) is 31.6 Å². The van der Waals surface area contributed by atoms with Gasteiger partial charge in [-0.15, -0.1) is 0 Å². The maximum absolute atomic E-state index is 14.4. The number of nitriles is 1.